The van der Waals surface area contributed by atoms with Gasteiger partial charge in [-0.05, 0) is 38.2 Å². The second kappa shape index (κ2) is 7.12. The maximum absolute atomic E-state index is 11.7. The number of rotatable bonds is 7. The minimum atomic E-state index is -0.366. The van der Waals surface area contributed by atoms with Gasteiger partial charge in [0.1, 0.15) is 0 Å². The van der Waals surface area contributed by atoms with Crippen LogP contribution in [0.1, 0.15) is 40.0 Å². The van der Waals surface area contributed by atoms with Crippen LogP contribution in [0.3, 0.4) is 0 Å². The summed E-state index contributed by atoms with van der Waals surface area (Å²) in [4.78, 5) is 11.7. The topological polar surface area (TPSA) is 55.1 Å². The van der Waals surface area contributed by atoms with Gasteiger partial charge >= 0.3 is 0 Å². The lowest BCUT2D eigenvalue weighted by molar-refractivity contribution is -0.124. The van der Waals surface area contributed by atoms with E-state index >= 15 is 0 Å². The Labute approximate surface area is 97.6 Å². The van der Waals surface area contributed by atoms with E-state index in [0.29, 0.717) is 0 Å². The second-order valence-electron chi connectivity index (χ2n) is 4.14. The first kappa shape index (κ1) is 14.8. The van der Waals surface area contributed by atoms with Crippen LogP contribution in [0.5, 0.6) is 0 Å². The summed E-state index contributed by atoms with van der Waals surface area (Å²) in [7, 11) is 0. The predicted molar refractivity (Wildman–Crippen MR) is 68.1 cm³/mol. The zero-order valence-electron chi connectivity index (χ0n) is 10.3. The smallest absolute Gasteiger partial charge is 0.237 e. The molecule has 0 aliphatic heterocycles. The van der Waals surface area contributed by atoms with E-state index < -0.39 is 0 Å². The molecule has 0 radical (unpaired) electrons. The average molecular weight is 232 g/mol. The fourth-order valence-corrected chi connectivity index (χ4v) is 1.68. The third kappa shape index (κ3) is 5.42. The van der Waals surface area contributed by atoms with E-state index in [1.54, 1.807) is 11.8 Å². The average Bonchev–Trinajstić information content (AvgIpc) is 2.25. The van der Waals surface area contributed by atoms with Crippen molar-refractivity contribution in [3.8, 4) is 0 Å². The molecule has 0 saturated carbocycles. The van der Waals surface area contributed by atoms with E-state index in [2.05, 4.69) is 26.1 Å². The van der Waals surface area contributed by atoms with Crippen molar-refractivity contribution in [1.29, 1.82) is 0 Å². The van der Waals surface area contributed by atoms with Crippen LogP contribution in [-0.4, -0.2) is 29.5 Å². The zero-order valence-corrected chi connectivity index (χ0v) is 11.1. The fourth-order valence-electron chi connectivity index (χ4n) is 1.19. The number of nitrogens with two attached hydrogens (primary N) is 1. The molecule has 1 amide bonds. The molecule has 0 unspecified atom stereocenters. The van der Waals surface area contributed by atoms with E-state index in [1.165, 1.54) is 0 Å². The summed E-state index contributed by atoms with van der Waals surface area (Å²) in [6, 6.07) is -0.366. The first-order chi connectivity index (χ1) is 6.99. The first-order valence-electron chi connectivity index (χ1n) is 5.55. The summed E-state index contributed by atoms with van der Waals surface area (Å²) < 4.78 is 0. The van der Waals surface area contributed by atoms with Gasteiger partial charge in [-0.25, -0.2) is 0 Å². The van der Waals surface area contributed by atoms with Crippen LogP contribution in [0.4, 0.5) is 0 Å². The summed E-state index contributed by atoms with van der Waals surface area (Å²) in [5.74, 6) is 0.916. The highest BCUT2D eigenvalue weighted by Crippen LogP contribution is 2.13. The maximum atomic E-state index is 11.7. The summed E-state index contributed by atoms with van der Waals surface area (Å²) in [6.45, 7) is 6.22. The van der Waals surface area contributed by atoms with Crippen molar-refractivity contribution in [1.82, 2.24) is 5.32 Å². The van der Waals surface area contributed by atoms with E-state index in [0.717, 1.165) is 25.0 Å². The second-order valence-corrected chi connectivity index (χ2v) is 5.13. The number of thioether (sulfide) groups is 1. The van der Waals surface area contributed by atoms with Crippen molar-refractivity contribution in [3.63, 3.8) is 0 Å². The summed E-state index contributed by atoms with van der Waals surface area (Å²) in [6.07, 6.45) is 4.64. The van der Waals surface area contributed by atoms with Crippen LogP contribution in [0.25, 0.3) is 0 Å². The van der Waals surface area contributed by atoms with Crippen LogP contribution in [-0.2, 0) is 4.79 Å². The lowest BCUT2D eigenvalue weighted by atomic mass is 9.95. The minimum Gasteiger partial charge on any atom is -0.350 e. The van der Waals surface area contributed by atoms with E-state index in [-0.39, 0.29) is 17.5 Å². The highest BCUT2D eigenvalue weighted by atomic mass is 32.2. The molecule has 0 saturated heterocycles. The third-order valence-electron chi connectivity index (χ3n) is 2.96. The molecule has 0 fully saturated rings. The molecule has 0 heterocycles. The number of hydrogen-bond donors (Lipinski definition) is 2. The highest BCUT2D eigenvalue weighted by Gasteiger charge is 2.24. The van der Waals surface area contributed by atoms with E-state index in [4.69, 9.17) is 5.73 Å². The molecule has 0 spiro atoms. The van der Waals surface area contributed by atoms with Gasteiger partial charge < -0.3 is 11.1 Å². The largest absolute Gasteiger partial charge is 0.350 e. The van der Waals surface area contributed by atoms with Crippen molar-refractivity contribution in [3.05, 3.63) is 0 Å². The van der Waals surface area contributed by atoms with Gasteiger partial charge in [0.05, 0.1) is 6.04 Å². The van der Waals surface area contributed by atoms with E-state index in [9.17, 15) is 4.79 Å². The first-order valence-corrected chi connectivity index (χ1v) is 6.95. The van der Waals surface area contributed by atoms with Crippen LogP contribution in [0.2, 0.25) is 0 Å². The van der Waals surface area contributed by atoms with Crippen molar-refractivity contribution >= 4 is 17.7 Å². The quantitative estimate of drug-likeness (QED) is 0.703. The van der Waals surface area contributed by atoms with Gasteiger partial charge in [0.15, 0.2) is 0 Å². The normalized spacial score (nSPS) is 13.7. The standard InChI is InChI=1S/C11H24N2OS/c1-5-11(3,6-2)13-10(14)9(12)7-8-15-4/h9H,5-8,12H2,1-4H3,(H,13,14)/t9-/m1/s1. The van der Waals surface area contributed by atoms with Crippen LogP contribution >= 0.6 is 11.8 Å². The van der Waals surface area contributed by atoms with Gasteiger partial charge in [0.25, 0.3) is 0 Å². The Kier molecular flexibility index (Phi) is 7.02. The van der Waals surface area contributed by atoms with Crippen molar-refractivity contribution in [2.24, 2.45) is 5.73 Å². The Bertz CT molecular complexity index is 193. The highest BCUT2D eigenvalue weighted by molar-refractivity contribution is 7.98. The Hall–Kier alpha value is -0.220. The molecule has 15 heavy (non-hydrogen) atoms. The van der Waals surface area contributed by atoms with Crippen LogP contribution in [0.15, 0.2) is 0 Å². The maximum Gasteiger partial charge on any atom is 0.237 e. The number of carbonyl (C=O) groups is 1. The van der Waals surface area contributed by atoms with Gasteiger partial charge in [-0.1, -0.05) is 13.8 Å². The van der Waals surface area contributed by atoms with Crippen molar-refractivity contribution in [2.45, 2.75) is 51.6 Å². The molecule has 3 nitrogen and oxygen atoms in total. The SMILES string of the molecule is CCC(C)(CC)NC(=O)[C@H](N)CCSC. The van der Waals surface area contributed by atoms with Crippen LogP contribution < -0.4 is 11.1 Å². The van der Waals surface area contributed by atoms with E-state index in [1.807, 2.05) is 6.26 Å². The predicted octanol–water partition coefficient (Wildman–Crippen LogP) is 1.76. The van der Waals surface area contributed by atoms with Gasteiger partial charge in [-0.15, -0.1) is 0 Å². The lowest BCUT2D eigenvalue weighted by Gasteiger charge is -2.29. The summed E-state index contributed by atoms with van der Waals surface area (Å²) >= 11 is 1.72. The molecule has 0 aromatic rings. The minimum absolute atomic E-state index is 0.0183. The molecule has 0 aromatic heterocycles. The molecule has 3 N–H and O–H groups in total. The number of nitrogens with one attached hydrogen (secondary N) is 1. The number of amides is 1. The summed E-state index contributed by atoms with van der Waals surface area (Å²) in [5, 5.41) is 3.03. The molecule has 0 aromatic carbocycles. The number of carbonyl (C=O) groups excluding carboxylic acids is 1. The zero-order chi connectivity index (χ0) is 11.9. The van der Waals surface area contributed by atoms with Gasteiger partial charge in [-0.2, -0.15) is 11.8 Å². The lowest BCUT2D eigenvalue weighted by Crippen LogP contribution is -2.51. The Morgan fingerprint density at radius 2 is 2.00 bits per heavy atom. The monoisotopic (exact) mass is 232 g/mol. The molecular weight excluding hydrogens is 208 g/mol. The summed E-state index contributed by atoms with van der Waals surface area (Å²) in [5.41, 5.74) is 5.69. The van der Waals surface area contributed by atoms with Crippen LogP contribution in [0, 0.1) is 0 Å². The van der Waals surface area contributed by atoms with Gasteiger partial charge in [0.2, 0.25) is 5.91 Å². The third-order valence-corrected chi connectivity index (χ3v) is 3.60. The molecule has 0 bridgehead atoms. The molecule has 0 rings (SSSR count). The molecule has 0 aliphatic carbocycles. The molecule has 0 aliphatic rings. The number of hydrogen-bond acceptors (Lipinski definition) is 3. The molecule has 90 valence electrons. The van der Waals surface area contributed by atoms with Gasteiger partial charge in [-0.3, -0.25) is 4.79 Å². The Morgan fingerprint density at radius 1 is 1.47 bits per heavy atom. The molecular formula is C11H24N2OS. The van der Waals surface area contributed by atoms with Crippen molar-refractivity contribution in [2.75, 3.05) is 12.0 Å². The van der Waals surface area contributed by atoms with Gasteiger partial charge in [0, 0.05) is 5.54 Å². The Morgan fingerprint density at radius 3 is 2.40 bits per heavy atom. The molecule has 1 atom stereocenters. The fraction of sp³-hybridized carbons (Fsp3) is 0.909. The Balaban J connectivity index is 4.10. The van der Waals surface area contributed by atoms with Crippen molar-refractivity contribution < 1.29 is 4.79 Å². The molecule has 4 heteroatoms.